The van der Waals surface area contributed by atoms with Crippen molar-refractivity contribution in [1.29, 1.82) is 0 Å². The Morgan fingerprint density at radius 3 is 1.35 bits per heavy atom. The Labute approximate surface area is 124 Å². The predicted molar refractivity (Wildman–Crippen MR) is 84.5 cm³/mol. The van der Waals surface area contributed by atoms with Crippen molar-refractivity contribution in [2.24, 2.45) is 0 Å². The Hall–Kier alpha value is 0.920. The second-order valence-corrected chi connectivity index (χ2v) is 6.99. The molecule has 0 aliphatic carbocycles. The first-order valence-electron chi connectivity index (χ1n) is 7.04. The van der Waals surface area contributed by atoms with E-state index >= 15 is 0 Å². The molecule has 1 nitrogen and oxygen atoms in total. The monoisotopic (exact) mass is 370 g/mol. The lowest BCUT2D eigenvalue weighted by Gasteiger charge is -2.30. The van der Waals surface area contributed by atoms with E-state index in [2.05, 4.69) is 59.6 Å². The molecular formula is C14H28Br2O. The van der Waals surface area contributed by atoms with Crippen LogP contribution >= 0.6 is 31.9 Å². The fraction of sp³-hybridized carbons (Fsp3) is 1.00. The van der Waals surface area contributed by atoms with Gasteiger partial charge < -0.3 is 4.74 Å². The van der Waals surface area contributed by atoms with E-state index in [0.717, 1.165) is 25.7 Å². The van der Waals surface area contributed by atoms with Crippen molar-refractivity contribution in [3.8, 4) is 0 Å². The number of halogens is 2. The highest BCUT2D eigenvalue weighted by Gasteiger charge is 2.25. The molecule has 104 valence electrons. The zero-order valence-corrected chi connectivity index (χ0v) is 14.9. The van der Waals surface area contributed by atoms with Crippen molar-refractivity contribution in [2.75, 3.05) is 0 Å². The zero-order chi connectivity index (χ0) is 13.3. The third kappa shape index (κ3) is 7.17. The SMILES string of the molecule is CCCC(OC(CCC)C(Br)CC)C(Br)CC. The summed E-state index contributed by atoms with van der Waals surface area (Å²) in [6.07, 6.45) is 7.63. The van der Waals surface area contributed by atoms with Gasteiger partial charge in [0.25, 0.3) is 0 Å². The van der Waals surface area contributed by atoms with Crippen LogP contribution in [0.4, 0.5) is 0 Å². The third-order valence-electron chi connectivity index (χ3n) is 3.08. The summed E-state index contributed by atoms with van der Waals surface area (Å²) in [5.74, 6) is 0. The molecule has 0 amide bonds. The van der Waals surface area contributed by atoms with Crippen LogP contribution in [0.5, 0.6) is 0 Å². The highest BCUT2D eigenvalue weighted by Crippen LogP contribution is 2.25. The topological polar surface area (TPSA) is 9.23 Å². The van der Waals surface area contributed by atoms with Crippen molar-refractivity contribution in [3.05, 3.63) is 0 Å². The zero-order valence-electron chi connectivity index (χ0n) is 11.7. The van der Waals surface area contributed by atoms with Crippen LogP contribution in [0, 0.1) is 0 Å². The molecule has 0 fully saturated rings. The van der Waals surface area contributed by atoms with E-state index in [1.165, 1.54) is 12.8 Å². The van der Waals surface area contributed by atoms with Gasteiger partial charge in [0.1, 0.15) is 0 Å². The molecule has 0 rings (SSSR count). The quantitative estimate of drug-likeness (QED) is 0.448. The molecule has 0 bridgehead atoms. The lowest BCUT2D eigenvalue weighted by atomic mass is 10.1. The summed E-state index contributed by atoms with van der Waals surface area (Å²) in [7, 11) is 0. The molecule has 0 aromatic heterocycles. The first-order chi connectivity index (χ1) is 8.10. The van der Waals surface area contributed by atoms with Gasteiger partial charge in [0.2, 0.25) is 0 Å². The molecular weight excluding hydrogens is 344 g/mol. The molecule has 4 atom stereocenters. The van der Waals surface area contributed by atoms with Gasteiger partial charge in [-0.15, -0.1) is 0 Å². The molecule has 4 unspecified atom stereocenters. The first kappa shape index (κ1) is 17.9. The van der Waals surface area contributed by atoms with E-state index in [0.29, 0.717) is 21.9 Å². The average molecular weight is 372 g/mol. The first-order valence-corrected chi connectivity index (χ1v) is 8.87. The van der Waals surface area contributed by atoms with E-state index in [4.69, 9.17) is 4.74 Å². The second-order valence-electron chi connectivity index (χ2n) is 4.64. The fourth-order valence-electron chi connectivity index (χ4n) is 1.99. The summed E-state index contributed by atoms with van der Waals surface area (Å²) in [5, 5.41) is 0. The average Bonchev–Trinajstić information content (AvgIpc) is 2.35. The minimum Gasteiger partial charge on any atom is -0.373 e. The summed E-state index contributed by atoms with van der Waals surface area (Å²) in [6, 6.07) is 0. The Kier molecular flexibility index (Phi) is 11.4. The van der Waals surface area contributed by atoms with Crippen LogP contribution in [0.25, 0.3) is 0 Å². The van der Waals surface area contributed by atoms with Gasteiger partial charge in [-0.3, -0.25) is 0 Å². The van der Waals surface area contributed by atoms with Crippen molar-refractivity contribution >= 4 is 31.9 Å². The highest BCUT2D eigenvalue weighted by molar-refractivity contribution is 9.09. The van der Waals surface area contributed by atoms with E-state index in [1.807, 2.05) is 0 Å². The van der Waals surface area contributed by atoms with Crippen LogP contribution < -0.4 is 0 Å². The van der Waals surface area contributed by atoms with Gasteiger partial charge in [-0.05, 0) is 25.7 Å². The maximum atomic E-state index is 6.34. The lowest BCUT2D eigenvalue weighted by molar-refractivity contribution is -0.0212. The summed E-state index contributed by atoms with van der Waals surface area (Å²) in [5.41, 5.74) is 0. The number of rotatable bonds is 10. The summed E-state index contributed by atoms with van der Waals surface area (Å²) in [4.78, 5) is 0.969. The molecule has 0 N–H and O–H groups in total. The van der Waals surface area contributed by atoms with Gasteiger partial charge in [0.05, 0.1) is 12.2 Å². The van der Waals surface area contributed by atoms with Crippen molar-refractivity contribution in [3.63, 3.8) is 0 Å². The molecule has 0 radical (unpaired) electrons. The van der Waals surface area contributed by atoms with Crippen LogP contribution in [-0.2, 0) is 4.74 Å². The predicted octanol–water partition coefficient (Wildman–Crippen LogP) is 5.69. The second kappa shape index (κ2) is 10.8. The summed E-state index contributed by atoms with van der Waals surface area (Å²) < 4.78 is 6.34. The Morgan fingerprint density at radius 1 is 0.765 bits per heavy atom. The molecule has 0 aromatic carbocycles. The van der Waals surface area contributed by atoms with Gasteiger partial charge in [0.15, 0.2) is 0 Å². The van der Waals surface area contributed by atoms with Crippen LogP contribution in [0.3, 0.4) is 0 Å². The molecule has 0 saturated carbocycles. The standard InChI is InChI=1S/C14H28Br2O/c1-5-9-13(11(15)7-3)17-14(10-6-2)12(16)8-4/h11-14H,5-10H2,1-4H3. The third-order valence-corrected chi connectivity index (χ3v) is 5.56. The minimum absolute atomic E-state index is 0.355. The molecule has 0 heterocycles. The summed E-state index contributed by atoms with van der Waals surface area (Å²) >= 11 is 7.51. The minimum atomic E-state index is 0.355. The Balaban J connectivity index is 4.43. The Bertz CT molecular complexity index is 158. The normalized spacial score (nSPS) is 18.7. The van der Waals surface area contributed by atoms with Crippen LogP contribution in [0.2, 0.25) is 0 Å². The van der Waals surface area contributed by atoms with Gasteiger partial charge in [0, 0.05) is 9.65 Å². The molecule has 0 saturated heterocycles. The highest BCUT2D eigenvalue weighted by atomic mass is 79.9. The van der Waals surface area contributed by atoms with Gasteiger partial charge in [-0.2, -0.15) is 0 Å². The number of hydrogen-bond acceptors (Lipinski definition) is 1. The molecule has 0 aromatic rings. The molecule has 0 spiro atoms. The molecule has 0 aliphatic rings. The lowest BCUT2D eigenvalue weighted by Crippen LogP contribution is -2.33. The maximum Gasteiger partial charge on any atom is 0.0704 e. The molecule has 3 heteroatoms. The van der Waals surface area contributed by atoms with Crippen molar-refractivity contribution < 1.29 is 4.74 Å². The fourth-order valence-corrected chi connectivity index (χ4v) is 2.77. The smallest absolute Gasteiger partial charge is 0.0704 e. The number of hydrogen-bond donors (Lipinski definition) is 0. The van der Waals surface area contributed by atoms with Gasteiger partial charge >= 0.3 is 0 Å². The van der Waals surface area contributed by atoms with Gasteiger partial charge in [-0.25, -0.2) is 0 Å². The van der Waals surface area contributed by atoms with Crippen LogP contribution in [0.1, 0.15) is 66.2 Å². The van der Waals surface area contributed by atoms with Crippen LogP contribution in [-0.4, -0.2) is 21.9 Å². The summed E-state index contributed by atoms with van der Waals surface area (Å²) in [6.45, 7) is 8.88. The maximum absolute atomic E-state index is 6.34. The van der Waals surface area contributed by atoms with Crippen molar-refractivity contribution in [2.45, 2.75) is 88.1 Å². The Morgan fingerprint density at radius 2 is 1.12 bits per heavy atom. The van der Waals surface area contributed by atoms with E-state index in [1.54, 1.807) is 0 Å². The van der Waals surface area contributed by atoms with E-state index in [9.17, 15) is 0 Å². The molecule has 0 aliphatic heterocycles. The van der Waals surface area contributed by atoms with Crippen molar-refractivity contribution in [1.82, 2.24) is 0 Å². The van der Waals surface area contributed by atoms with Gasteiger partial charge in [-0.1, -0.05) is 72.4 Å². The van der Waals surface area contributed by atoms with Crippen LogP contribution in [0.15, 0.2) is 0 Å². The largest absolute Gasteiger partial charge is 0.373 e. The number of ether oxygens (including phenoxy) is 1. The number of alkyl halides is 2. The van der Waals surface area contributed by atoms with E-state index < -0.39 is 0 Å². The van der Waals surface area contributed by atoms with E-state index in [-0.39, 0.29) is 0 Å². The molecule has 17 heavy (non-hydrogen) atoms.